The van der Waals surface area contributed by atoms with Gasteiger partial charge in [0.15, 0.2) is 0 Å². The van der Waals surface area contributed by atoms with Crippen molar-refractivity contribution in [2.75, 3.05) is 19.0 Å². The number of rotatable bonds is 4. The summed E-state index contributed by atoms with van der Waals surface area (Å²) in [5.41, 5.74) is 0.598. The highest BCUT2D eigenvalue weighted by Crippen LogP contribution is 2.23. The van der Waals surface area contributed by atoms with Crippen LogP contribution in [-0.4, -0.2) is 30.8 Å². The van der Waals surface area contributed by atoms with Gasteiger partial charge < -0.3 is 15.2 Å². The molecule has 0 aromatic heterocycles. The predicted molar refractivity (Wildman–Crippen MR) is 62.7 cm³/mol. The molecule has 5 nitrogen and oxygen atoms in total. The van der Waals surface area contributed by atoms with Gasteiger partial charge in [-0.25, -0.2) is 4.79 Å². The van der Waals surface area contributed by atoms with Gasteiger partial charge in [-0.1, -0.05) is 17.7 Å². The van der Waals surface area contributed by atoms with Crippen LogP contribution < -0.4 is 5.32 Å². The molecule has 0 amide bonds. The van der Waals surface area contributed by atoms with Crippen LogP contribution in [0.15, 0.2) is 18.2 Å². The molecule has 1 aromatic carbocycles. The van der Waals surface area contributed by atoms with E-state index in [0.29, 0.717) is 5.69 Å². The van der Waals surface area contributed by atoms with Gasteiger partial charge in [0.1, 0.15) is 12.1 Å². The Bertz CT molecular complexity index is 457. The molecule has 17 heavy (non-hydrogen) atoms. The molecule has 0 saturated carbocycles. The molecular weight excluding hydrogens is 244 g/mol. The fourth-order valence-electron chi connectivity index (χ4n) is 1.27. The number of nitrogens with zero attached hydrogens (tertiary/aromatic N) is 1. The zero-order valence-corrected chi connectivity index (χ0v) is 9.86. The molecule has 0 radical (unpaired) electrons. The number of esters is 1. The van der Waals surface area contributed by atoms with Gasteiger partial charge in [-0.2, -0.15) is 5.26 Å². The van der Waals surface area contributed by atoms with Crippen LogP contribution >= 0.6 is 11.6 Å². The minimum absolute atomic E-state index is 0.219. The van der Waals surface area contributed by atoms with Crippen LogP contribution in [0.4, 0.5) is 5.69 Å². The number of hydrogen-bond acceptors (Lipinski definition) is 5. The highest BCUT2D eigenvalue weighted by atomic mass is 35.5. The standard InChI is InChI=1S/C11H11ClN2O3/c1-17-11(16)10(6-15)14-9-4-2-3-8(12)7(9)5-13/h2-4,10,14-15H,6H2,1H3. The van der Waals surface area contributed by atoms with Crippen LogP contribution in [0.3, 0.4) is 0 Å². The third-order valence-corrected chi connectivity index (χ3v) is 2.44. The van der Waals surface area contributed by atoms with Crippen molar-refractivity contribution in [2.45, 2.75) is 6.04 Å². The third-order valence-electron chi connectivity index (χ3n) is 2.12. The number of halogens is 1. The third kappa shape index (κ3) is 3.09. The lowest BCUT2D eigenvalue weighted by Gasteiger charge is -2.16. The molecule has 0 aliphatic rings. The van der Waals surface area contributed by atoms with Gasteiger partial charge in [0, 0.05) is 0 Å². The number of hydrogen-bond donors (Lipinski definition) is 2. The predicted octanol–water partition coefficient (Wildman–Crippen LogP) is 1.16. The van der Waals surface area contributed by atoms with E-state index in [0.717, 1.165) is 0 Å². The summed E-state index contributed by atoms with van der Waals surface area (Å²) >= 11 is 5.83. The Morgan fingerprint density at radius 2 is 2.41 bits per heavy atom. The number of ether oxygens (including phenoxy) is 1. The Morgan fingerprint density at radius 1 is 1.71 bits per heavy atom. The average molecular weight is 255 g/mol. The molecule has 0 fully saturated rings. The lowest BCUT2D eigenvalue weighted by atomic mass is 10.1. The quantitative estimate of drug-likeness (QED) is 0.788. The number of nitriles is 1. The summed E-state index contributed by atoms with van der Waals surface area (Å²) in [4.78, 5) is 11.3. The summed E-state index contributed by atoms with van der Waals surface area (Å²) < 4.78 is 4.50. The van der Waals surface area contributed by atoms with Crippen LogP contribution in [0.1, 0.15) is 5.56 Å². The minimum Gasteiger partial charge on any atom is -0.467 e. The number of nitrogens with one attached hydrogen (secondary N) is 1. The first-order valence-electron chi connectivity index (χ1n) is 4.77. The second kappa shape index (κ2) is 6.09. The van der Waals surface area contributed by atoms with Crippen LogP contribution in [-0.2, 0) is 9.53 Å². The largest absolute Gasteiger partial charge is 0.467 e. The molecular formula is C11H11ClN2O3. The summed E-state index contributed by atoms with van der Waals surface area (Å²) in [7, 11) is 1.22. The van der Waals surface area contributed by atoms with Crippen LogP contribution in [0.2, 0.25) is 5.02 Å². The molecule has 1 unspecified atom stereocenters. The second-order valence-corrected chi connectivity index (χ2v) is 3.58. The van der Waals surface area contributed by atoms with Crippen LogP contribution in [0, 0.1) is 11.3 Å². The molecule has 6 heteroatoms. The van der Waals surface area contributed by atoms with Crippen LogP contribution in [0.5, 0.6) is 0 Å². The molecule has 1 atom stereocenters. The van der Waals surface area contributed by atoms with Gasteiger partial charge in [-0.05, 0) is 12.1 Å². The monoisotopic (exact) mass is 254 g/mol. The maximum absolute atomic E-state index is 11.3. The van der Waals surface area contributed by atoms with E-state index in [4.69, 9.17) is 22.0 Å². The molecule has 90 valence electrons. The van der Waals surface area contributed by atoms with E-state index in [1.54, 1.807) is 18.2 Å². The van der Waals surface area contributed by atoms with Crippen molar-refractivity contribution in [3.8, 4) is 6.07 Å². The molecule has 2 N–H and O–H groups in total. The molecule has 0 heterocycles. The van der Waals surface area contributed by atoms with E-state index >= 15 is 0 Å². The fraction of sp³-hybridized carbons (Fsp3) is 0.273. The molecule has 0 saturated heterocycles. The summed E-state index contributed by atoms with van der Waals surface area (Å²) in [6.07, 6.45) is 0. The second-order valence-electron chi connectivity index (χ2n) is 3.18. The summed E-state index contributed by atoms with van der Waals surface area (Å²) in [5, 5.41) is 21.0. The topological polar surface area (TPSA) is 82.3 Å². The van der Waals surface area contributed by atoms with E-state index in [2.05, 4.69) is 10.1 Å². The van der Waals surface area contributed by atoms with Crippen molar-refractivity contribution in [1.29, 1.82) is 5.26 Å². The first-order chi connectivity index (χ1) is 8.13. The van der Waals surface area contributed by atoms with Gasteiger partial charge in [0.05, 0.1) is 30.0 Å². The van der Waals surface area contributed by atoms with Crippen molar-refractivity contribution in [3.05, 3.63) is 28.8 Å². The number of aliphatic hydroxyl groups excluding tert-OH is 1. The first-order valence-corrected chi connectivity index (χ1v) is 5.15. The summed E-state index contributed by atoms with van der Waals surface area (Å²) in [6, 6.07) is 5.79. The Kier molecular flexibility index (Phi) is 4.76. The number of anilines is 1. The Hall–Kier alpha value is -1.77. The molecule has 0 aliphatic carbocycles. The Morgan fingerprint density at radius 3 is 2.94 bits per heavy atom. The van der Waals surface area contributed by atoms with Gasteiger partial charge in [0.25, 0.3) is 0 Å². The molecule has 0 bridgehead atoms. The smallest absolute Gasteiger partial charge is 0.330 e. The van der Waals surface area contributed by atoms with E-state index < -0.39 is 18.6 Å². The minimum atomic E-state index is -0.925. The summed E-state index contributed by atoms with van der Waals surface area (Å²) in [6.45, 7) is -0.440. The molecule has 1 rings (SSSR count). The summed E-state index contributed by atoms with van der Waals surface area (Å²) in [5.74, 6) is -0.614. The van der Waals surface area contributed by atoms with E-state index in [9.17, 15) is 4.79 Å². The lowest BCUT2D eigenvalue weighted by Crippen LogP contribution is -2.34. The number of methoxy groups -OCH3 is 1. The average Bonchev–Trinajstić information content (AvgIpc) is 2.35. The maximum atomic E-state index is 11.3. The van der Waals surface area contributed by atoms with Gasteiger partial charge in [-0.3, -0.25) is 0 Å². The van der Waals surface area contributed by atoms with E-state index in [-0.39, 0.29) is 10.6 Å². The Labute approximate surface area is 104 Å². The first kappa shape index (κ1) is 13.3. The fourth-order valence-corrected chi connectivity index (χ4v) is 1.48. The van der Waals surface area contributed by atoms with Crippen molar-refractivity contribution in [3.63, 3.8) is 0 Å². The lowest BCUT2D eigenvalue weighted by molar-refractivity contribution is -0.142. The number of benzene rings is 1. The van der Waals surface area contributed by atoms with Crippen molar-refractivity contribution in [2.24, 2.45) is 0 Å². The Balaban J connectivity index is 2.98. The van der Waals surface area contributed by atoms with Crippen molar-refractivity contribution in [1.82, 2.24) is 0 Å². The van der Waals surface area contributed by atoms with E-state index in [1.165, 1.54) is 7.11 Å². The van der Waals surface area contributed by atoms with Gasteiger partial charge >= 0.3 is 5.97 Å². The van der Waals surface area contributed by atoms with Gasteiger partial charge in [-0.15, -0.1) is 0 Å². The number of carbonyl (C=O) groups excluding carboxylic acids is 1. The van der Waals surface area contributed by atoms with Gasteiger partial charge in [0.2, 0.25) is 0 Å². The van der Waals surface area contributed by atoms with Crippen LogP contribution in [0.25, 0.3) is 0 Å². The number of aliphatic hydroxyl groups is 1. The number of carbonyl (C=O) groups is 1. The van der Waals surface area contributed by atoms with E-state index in [1.807, 2.05) is 6.07 Å². The normalized spacial score (nSPS) is 11.4. The molecule has 0 spiro atoms. The van der Waals surface area contributed by atoms with Crippen molar-refractivity contribution < 1.29 is 14.6 Å². The zero-order chi connectivity index (χ0) is 12.8. The highest BCUT2D eigenvalue weighted by Gasteiger charge is 2.19. The molecule has 0 aliphatic heterocycles. The molecule has 1 aromatic rings. The maximum Gasteiger partial charge on any atom is 0.330 e. The van der Waals surface area contributed by atoms with Crippen molar-refractivity contribution >= 4 is 23.3 Å². The SMILES string of the molecule is COC(=O)C(CO)Nc1cccc(Cl)c1C#N. The zero-order valence-electron chi connectivity index (χ0n) is 9.11. The highest BCUT2D eigenvalue weighted by molar-refractivity contribution is 6.32.